The molecule has 0 unspecified atom stereocenters. The van der Waals surface area contributed by atoms with Gasteiger partial charge in [-0.1, -0.05) is 42.5 Å². The molecular formula is C18H17N3O3. The van der Waals surface area contributed by atoms with E-state index in [1.807, 2.05) is 36.4 Å². The summed E-state index contributed by atoms with van der Waals surface area (Å²) < 4.78 is 5.04. The molecule has 0 bridgehead atoms. The number of carbonyl (C=O) groups is 2. The number of ether oxygens (including phenoxy) is 1. The van der Waals surface area contributed by atoms with Crippen LogP contribution in [0.5, 0.6) is 5.75 Å². The SMILES string of the molecule is COc1cccc(NC(=O)C(=O)N/N=C\C=C\c2ccccc2)c1. The molecule has 0 spiro atoms. The topological polar surface area (TPSA) is 79.8 Å². The number of allylic oxidation sites excluding steroid dienone is 1. The van der Waals surface area contributed by atoms with E-state index in [1.54, 1.807) is 30.3 Å². The largest absolute Gasteiger partial charge is 0.497 e. The fraction of sp³-hybridized carbons (Fsp3) is 0.0556. The summed E-state index contributed by atoms with van der Waals surface area (Å²) in [6.45, 7) is 0. The standard InChI is InChI=1S/C18H17N3O3/c1-24-16-11-5-10-15(13-16)20-17(22)18(23)21-19-12-6-9-14-7-3-2-4-8-14/h2-13H,1H3,(H,20,22)(H,21,23)/b9-6+,19-12-. The van der Waals surface area contributed by atoms with Crippen molar-refractivity contribution < 1.29 is 14.3 Å². The summed E-state index contributed by atoms with van der Waals surface area (Å²) in [4.78, 5) is 23.4. The predicted octanol–water partition coefficient (Wildman–Crippen LogP) is 2.45. The lowest BCUT2D eigenvalue weighted by molar-refractivity contribution is -0.136. The zero-order valence-electron chi connectivity index (χ0n) is 13.1. The molecule has 24 heavy (non-hydrogen) atoms. The summed E-state index contributed by atoms with van der Waals surface area (Å²) in [5.74, 6) is -1.09. The Bertz CT molecular complexity index is 755. The Morgan fingerprint density at radius 3 is 2.58 bits per heavy atom. The van der Waals surface area contributed by atoms with Crippen LogP contribution >= 0.6 is 0 Å². The van der Waals surface area contributed by atoms with Gasteiger partial charge in [0.15, 0.2) is 0 Å². The van der Waals surface area contributed by atoms with Crippen molar-refractivity contribution in [2.75, 3.05) is 12.4 Å². The number of hydrogen-bond donors (Lipinski definition) is 2. The first kappa shape index (κ1) is 17.0. The van der Waals surface area contributed by atoms with Crippen molar-refractivity contribution >= 4 is 29.8 Å². The highest BCUT2D eigenvalue weighted by Gasteiger charge is 2.12. The van der Waals surface area contributed by atoms with Crippen LogP contribution in [-0.4, -0.2) is 25.1 Å². The van der Waals surface area contributed by atoms with Crippen LogP contribution in [-0.2, 0) is 9.59 Å². The molecule has 0 fully saturated rings. The Morgan fingerprint density at radius 2 is 1.83 bits per heavy atom. The van der Waals surface area contributed by atoms with Crippen LogP contribution in [0.1, 0.15) is 5.56 Å². The van der Waals surface area contributed by atoms with Gasteiger partial charge in [-0.05, 0) is 23.8 Å². The Morgan fingerprint density at radius 1 is 1.04 bits per heavy atom. The lowest BCUT2D eigenvalue weighted by atomic mass is 10.2. The number of benzene rings is 2. The van der Waals surface area contributed by atoms with Crippen LogP contribution in [0, 0.1) is 0 Å². The fourth-order valence-corrected chi connectivity index (χ4v) is 1.80. The van der Waals surface area contributed by atoms with Gasteiger partial charge in [0.1, 0.15) is 5.75 Å². The second-order valence-electron chi connectivity index (χ2n) is 4.67. The normalized spacial score (nSPS) is 10.7. The summed E-state index contributed by atoms with van der Waals surface area (Å²) in [6.07, 6.45) is 4.88. The molecule has 0 atom stereocenters. The monoisotopic (exact) mass is 323 g/mol. The van der Waals surface area contributed by atoms with Crippen LogP contribution in [0.25, 0.3) is 6.08 Å². The number of nitrogens with zero attached hydrogens (tertiary/aromatic N) is 1. The van der Waals surface area contributed by atoms with E-state index in [4.69, 9.17) is 4.74 Å². The number of hydrogen-bond acceptors (Lipinski definition) is 4. The Hall–Kier alpha value is -3.41. The molecular weight excluding hydrogens is 306 g/mol. The number of amides is 2. The van der Waals surface area contributed by atoms with Crippen molar-refractivity contribution in [2.24, 2.45) is 5.10 Å². The van der Waals surface area contributed by atoms with Gasteiger partial charge in [-0.25, -0.2) is 5.43 Å². The van der Waals surface area contributed by atoms with Gasteiger partial charge in [0, 0.05) is 18.0 Å². The Balaban J connectivity index is 1.82. The van der Waals surface area contributed by atoms with Gasteiger partial charge in [-0.2, -0.15) is 5.10 Å². The molecule has 2 aromatic rings. The molecule has 0 aliphatic rings. The highest BCUT2D eigenvalue weighted by atomic mass is 16.5. The number of methoxy groups -OCH3 is 1. The summed E-state index contributed by atoms with van der Waals surface area (Å²) in [5.41, 5.74) is 3.62. The van der Waals surface area contributed by atoms with E-state index < -0.39 is 11.8 Å². The molecule has 0 aliphatic heterocycles. The van der Waals surface area contributed by atoms with Crippen molar-refractivity contribution in [3.8, 4) is 5.75 Å². The molecule has 0 heterocycles. The molecule has 0 saturated heterocycles. The number of rotatable bonds is 5. The minimum atomic E-state index is -0.859. The maximum atomic E-state index is 11.7. The van der Waals surface area contributed by atoms with E-state index >= 15 is 0 Å². The molecule has 2 amide bonds. The Kier molecular flexibility index (Phi) is 6.28. The summed E-state index contributed by atoms with van der Waals surface area (Å²) in [5, 5.41) is 6.15. The van der Waals surface area contributed by atoms with Crippen molar-refractivity contribution in [3.05, 3.63) is 66.2 Å². The summed E-state index contributed by atoms with van der Waals surface area (Å²) >= 11 is 0. The van der Waals surface area contributed by atoms with Gasteiger partial charge in [0.2, 0.25) is 0 Å². The van der Waals surface area contributed by atoms with Gasteiger partial charge in [0.05, 0.1) is 7.11 Å². The first-order chi connectivity index (χ1) is 11.7. The summed E-state index contributed by atoms with van der Waals surface area (Å²) in [7, 11) is 1.52. The average molecular weight is 323 g/mol. The first-order valence-corrected chi connectivity index (χ1v) is 7.19. The average Bonchev–Trinajstić information content (AvgIpc) is 2.62. The quantitative estimate of drug-likeness (QED) is 0.504. The van der Waals surface area contributed by atoms with Crippen LogP contribution < -0.4 is 15.5 Å². The highest BCUT2D eigenvalue weighted by molar-refractivity contribution is 6.39. The molecule has 0 aliphatic carbocycles. The van der Waals surface area contributed by atoms with E-state index in [-0.39, 0.29) is 0 Å². The van der Waals surface area contributed by atoms with E-state index in [1.165, 1.54) is 13.3 Å². The second kappa shape index (κ2) is 8.89. The van der Waals surface area contributed by atoms with Crippen molar-refractivity contribution in [2.45, 2.75) is 0 Å². The van der Waals surface area contributed by atoms with E-state index in [0.29, 0.717) is 11.4 Å². The van der Waals surface area contributed by atoms with Crippen molar-refractivity contribution in [1.29, 1.82) is 0 Å². The zero-order valence-corrected chi connectivity index (χ0v) is 13.1. The maximum Gasteiger partial charge on any atom is 0.329 e. The van der Waals surface area contributed by atoms with Crippen molar-refractivity contribution in [3.63, 3.8) is 0 Å². The summed E-state index contributed by atoms with van der Waals surface area (Å²) in [6, 6.07) is 16.3. The number of carbonyl (C=O) groups excluding carboxylic acids is 2. The molecule has 122 valence electrons. The number of anilines is 1. The van der Waals surface area contributed by atoms with E-state index in [2.05, 4.69) is 15.8 Å². The zero-order chi connectivity index (χ0) is 17.2. The van der Waals surface area contributed by atoms with Gasteiger partial charge in [-0.15, -0.1) is 0 Å². The number of nitrogens with one attached hydrogen (secondary N) is 2. The molecule has 6 heteroatoms. The smallest absolute Gasteiger partial charge is 0.329 e. The molecule has 2 N–H and O–H groups in total. The van der Waals surface area contributed by atoms with Crippen LogP contribution in [0.4, 0.5) is 5.69 Å². The van der Waals surface area contributed by atoms with Crippen molar-refractivity contribution in [1.82, 2.24) is 5.43 Å². The van der Waals surface area contributed by atoms with Gasteiger partial charge >= 0.3 is 11.8 Å². The minimum absolute atomic E-state index is 0.461. The molecule has 6 nitrogen and oxygen atoms in total. The third-order valence-corrected chi connectivity index (χ3v) is 2.95. The van der Waals surface area contributed by atoms with E-state index in [0.717, 1.165) is 5.56 Å². The van der Waals surface area contributed by atoms with Crippen LogP contribution in [0.3, 0.4) is 0 Å². The molecule has 2 aromatic carbocycles. The highest BCUT2D eigenvalue weighted by Crippen LogP contribution is 2.16. The van der Waals surface area contributed by atoms with Gasteiger partial charge < -0.3 is 10.1 Å². The molecule has 0 radical (unpaired) electrons. The predicted molar refractivity (Wildman–Crippen MR) is 93.7 cm³/mol. The molecule has 2 rings (SSSR count). The molecule has 0 aromatic heterocycles. The van der Waals surface area contributed by atoms with Crippen LogP contribution in [0.15, 0.2) is 65.8 Å². The van der Waals surface area contributed by atoms with Gasteiger partial charge in [-0.3, -0.25) is 9.59 Å². The second-order valence-corrected chi connectivity index (χ2v) is 4.67. The number of hydrazone groups is 1. The maximum absolute atomic E-state index is 11.7. The minimum Gasteiger partial charge on any atom is -0.497 e. The fourth-order valence-electron chi connectivity index (χ4n) is 1.80. The molecule has 0 saturated carbocycles. The van der Waals surface area contributed by atoms with Crippen LogP contribution in [0.2, 0.25) is 0 Å². The van der Waals surface area contributed by atoms with E-state index in [9.17, 15) is 9.59 Å². The Labute approximate surface area is 139 Å². The van der Waals surface area contributed by atoms with Gasteiger partial charge in [0.25, 0.3) is 0 Å². The lowest BCUT2D eigenvalue weighted by Crippen LogP contribution is -2.32. The third-order valence-electron chi connectivity index (χ3n) is 2.95. The lowest BCUT2D eigenvalue weighted by Gasteiger charge is -2.05. The third kappa shape index (κ3) is 5.42. The first-order valence-electron chi connectivity index (χ1n) is 7.19.